The Labute approximate surface area is 110 Å². The summed E-state index contributed by atoms with van der Waals surface area (Å²) in [6.45, 7) is 0. The summed E-state index contributed by atoms with van der Waals surface area (Å²) < 4.78 is 42.6. The van der Waals surface area contributed by atoms with Crippen LogP contribution in [0.5, 0.6) is 11.5 Å². The van der Waals surface area contributed by atoms with Crippen molar-refractivity contribution in [3.05, 3.63) is 58.4 Å². The van der Waals surface area contributed by atoms with Crippen molar-refractivity contribution in [2.75, 3.05) is 0 Å². The summed E-state index contributed by atoms with van der Waals surface area (Å²) in [4.78, 5) is 13.1. The van der Waals surface area contributed by atoms with Gasteiger partial charge in [-0.05, 0) is 18.2 Å². The minimum Gasteiger partial charge on any atom is -0.457 e. The van der Waals surface area contributed by atoms with E-state index in [2.05, 4.69) is 4.98 Å². The van der Waals surface area contributed by atoms with Gasteiger partial charge < -0.3 is 4.74 Å². The van der Waals surface area contributed by atoms with Crippen molar-refractivity contribution in [3.8, 4) is 11.5 Å². The summed E-state index contributed by atoms with van der Waals surface area (Å²) in [5.74, 6) is 0.135. The highest BCUT2D eigenvalue weighted by atomic mass is 19.4. The van der Waals surface area contributed by atoms with Gasteiger partial charge >= 0.3 is 6.18 Å². The van der Waals surface area contributed by atoms with Crippen LogP contribution in [0.25, 0.3) is 0 Å². The Morgan fingerprint density at radius 3 is 2.30 bits per heavy atom. The Hall–Kier alpha value is -2.64. The average Bonchev–Trinajstić information content (AvgIpc) is 2.38. The van der Waals surface area contributed by atoms with Crippen molar-refractivity contribution in [3.63, 3.8) is 0 Å². The number of alkyl halides is 3. The summed E-state index contributed by atoms with van der Waals surface area (Å²) in [6, 6.07) is 7.00. The lowest BCUT2D eigenvalue weighted by Gasteiger charge is -2.08. The molecular formula is C12H7F3N2O3. The molecule has 0 bridgehead atoms. The first-order valence-corrected chi connectivity index (χ1v) is 5.32. The van der Waals surface area contributed by atoms with E-state index in [1.807, 2.05) is 0 Å². The molecule has 0 spiro atoms. The normalized spacial score (nSPS) is 11.2. The van der Waals surface area contributed by atoms with E-state index in [9.17, 15) is 23.3 Å². The number of nitrogens with zero attached hydrogens (tertiary/aromatic N) is 2. The van der Waals surface area contributed by atoms with Gasteiger partial charge in [-0.1, -0.05) is 0 Å². The topological polar surface area (TPSA) is 65.3 Å². The van der Waals surface area contributed by atoms with Gasteiger partial charge in [0.15, 0.2) is 0 Å². The molecule has 1 heterocycles. The van der Waals surface area contributed by atoms with Gasteiger partial charge in [-0.3, -0.25) is 15.1 Å². The van der Waals surface area contributed by atoms with Crippen LogP contribution in [-0.4, -0.2) is 9.91 Å². The number of rotatable bonds is 3. The van der Waals surface area contributed by atoms with Gasteiger partial charge in [0.05, 0.1) is 4.92 Å². The van der Waals surface area contributed by atoms with E-state index < -0.39 is 16.8 Å². The van der Waals surface area contributed by atoms with Crippen molar-refractivity contribution < 1.29 is 22.8 Å². The van der Waals surface area contributed by atoms with Gasteiger partial charge in [0.1, 0.15) is 17.2 Å². The lowest BCUT2D eigenvalue weighted by molar-refractivity contribution is -0.384. The zero-order chi connectivity index (χ0) is 14.8. The maximum Gasteiger partial charge on any atom is 0.433 e. The SMILES string of the molecule is O=[N+]([O-])c1ccc(Oc2ccnc(C(F)(F)F)c2)cc1. The molecule has 1 aromatic carbocycles. The maximum atomic E-state index is 12.5. The third-order valence-electron chi connectivity index (χ3n) is 2.31. The third kappa shape index (κ3) is 3.22. The molecule has 0 unspecified atom stereocenters. The lowest BCUT2D eigenvalue weighted by Crippen LogP contribution is -2.07. The largest absolute Gasteiger partial charge is 0.457 e. The smallest absolute Gasteiger partial charge is 0.433 e. The molecule has 0 saturated carbocycles. The van der Waals surface area contributed by atoms with Crippen LogP contribution in [0.1, 0.15) is 5.69 Å². The molecule has 0 radical (unpaired) electrons. The average molecular weight is 284 g/mol. The molecular weight excluding hydrogens is 277 g/mol. The van der Waals surface area contributed by atoms with Gasteiger partial charge in [0.2, 0.25) is 0 Å². The fraction of sp³-hybridized carbons (Fsp3) is 0.0833. The Morgan fingerprint density at radius 1 is 1.10 bits per heavy atom. The van der Waals surface area contributed by atoms with Crippen LogP contribution < -0.4 is 4.74 Å². The molecule has 1 aromatic heterocycles. The molecule has 2 aromatic rings. The Bertz CT molecular complexity index is 627. The second-order valence-corrected chi connectivity index (χ2v) is 3.73. The highest BCUT2D eigenvalue weighted by molar-refractivity contribution is 5.38. The number of nitro groups is 1. The molecule has 0 fully saturated rings. The van der Waals surface area contributed by atoms with E-state index in [1.54, 1.807) is 0 Å². The van der Waals surface area contributed by atoms with E-state index in [1.165, 1.54) is 30.3 Å². The quantitative estimate of drug-likeness (QED) is 0.635. The summed E-state index contributed by atoms with van der Waals surface area (Å²) in [7, 11) is 0. The number of non-ortho nitro benzene ring substituents is 1. The van der Waals surface area contributed by atoms with E-state index in [0.29, 0.717) is 0 Å². The van der Waals surface area contributed by atoms with Crippen LogP contribution in [0.2, 0.25) is 0 Å². The zero-order valence-electron chi connectivity index (χ0n) is 9.79. The first-order chi connectivity index (χ1) is 9.36. The number of halogens is 3. The highest BCUT2D eigenvalue weighted by Crippen LogP contribution is 2.31. The fourth-order valence-corrected chi connectivity index (χ4v) is 1.40. The molecule has 0 aliphatic heterocycles. The predicted octanol–water partition coefficient (Wildman–Crippen LogP) is 3.80. The van der Waals surface area contributed by atoms with Crippen molar-refractivity contribution in [1.29, 1.82) is 0 Å². The summed E-state index contributed by atoms with van der Waals surface area (Å²) in [5, 5.41) is 10.5. The van der Waals surface area contributed by atoms with Gasteiger partial charge in [-0.2, -0.15) is 13.2 Å². The van der Waals surface area contributed by atoms with E-state index in [4.69, 9.17) is 4.74 Å². The van der Waals surface area contributed by atoms with E-state index in [-0.39, 0.29) is 17.2 Å². The Kier molecular flexibility index (Phi) is 3.55. The van der Waals surface area contributed by atoms with Crippen LogP contribution in [0.4, 0.5) is 18.9 Å². The number of nitro benzene ring substituents is 1. The molecule has 8 heteroatoms. The number of pyridine rings is 1. The number of benzene rings is 1. The van der Waals surface area contributed by atoms with E-state index >= 15 is 0 Å². The number of aromatic nitrogens is 1. The van der Waals surface area contributed by atoms with Crippen molar-refractivity contribution in [2.24, 2.45) is 0 Å². The Balaban J connectivity index is 2.20. The van der Waals surface area contributed by atoms with Gasteiger partial charge in [0.25, 0.3) is 5.69 Å². The van der Waals surface area contributed by atoms with Gasteiger partial charge in [-0.15, -0.1) is 0 Å². The predicted molar refractivity (Wildman–Crippen MR) is 62.4 cm³/mol. The molecule has 0 aliphatic carbocycles. The summed E-state index contributed by atoms with van der Waals surface area (Å²) >= 11 is 0. The van der Waals surface area contributed by atoms with Gasteiger partial charge in [-0.25, -0.2) is 0 Å². The number of hydrogen-bond donors (Lipinski definition) is 0. The van der Waals surface area contributed by atoms with Crippen LogP contribution in [0.3, 0.4) is 0 Å². The summed E-state index contributed by atoms with van der Waals surface area (Å²) in [6.07, 6.45) is -3.58. The van der Waals surface area contributed by atoms with Crippen molar-refractivity contribution in [1.82, 2.24) is 4.98 Å². The first-order valence-electron chi connectivity index (χ1n) is 5.32. The van der Waals surface area contributed by atoms with Crippen LogP contribution >= 0.6 is 0 Å². The van der Waals surface area contributed by atoms with E-state index in [0.717, 1.165) is 12.3 Å². The molecule has 5 nitrogen and oxygen atoms in total. The monoisotopic (exact) mass is 284 g/mol. The second kappa shape index (κ2) is 5.16. The molecule has 0 atom stereocenters. The van der Waals surface area contributed by atoms with Gasteiger partial charge in [0, 0.05) is 24.4 Å². The molecule has 20 heavy (non-hydrogen) atoms. The van der Waals surface area contributed by atoms with Crippen LogP contribution in [0.15, 0.2) is 42.6 Å². The fourth-order valence-electron chi connectivity index (χ4n) is 1.40. The second-order valence-electron chi connectivity index (χ2n) is 3.73. The Morgan fingerprint density at radius 2 is 1.75 bits per heavy atom. The first kappa shape index (κ1) is 13.8. The van der Waals surface area contributed by atoms with Crippen LogP contribution in [0, 0.1) is 10.1 Å². The minimum atomic E-state index is -4.56. The lowest BCUT2D eigenvalue weighted by atomic mass is 10.3. The van der Waals surface area contributed by atoms with Crippen molar-refractivity contribution in [2.45, 2.75) is 6.18 Å². The molecule has 104 valence electrons. The molecule has 2 rings (SSSR count). The van der Waals surface area contributed by atoms with Crippen LogP contribution in [-0.2, 0) is 6.18 Å². The molecule has 0 amide bonds. The maximum absolute atomic E-state index is 12.5. The summed E-state index contributed by atoms with van der Waals surface area (Å²) in [5.41, 5.74) is -1.21. The molecule has 0 saturated heterocycles. The third-order valence-corrected chi connectivity index (χ3v) is 2.31. The number of hydrogen-bond acceptors (Lipinski definition) is 4. The standard InChI is InChI=1S/C12H7F3N2O3/c13-12(14,15)11-7-10(5-6-16-11)20-9-3-1-8(2-4-9)17(18)19/h1-7H. The van der Waals surface area contributed by atoms with Crippen molar-refractivity contribution >= 4 is 5.69 Å². The highest BCUT2D eigenvalue weighted by Gasteiger charge is 2.32. The minimum absolute atomic E-state index is 0.0545. The zero-order valence-corrected chi connectivity index (χ0v) is 9.79. The molecule has 0 aliphatic rings. The molecule has 0 N–H and O–H groups in total. The number of ether oxygens (including phenoxy) is 1.